The molecule has 8 heteroatoms. The van der Waals surface area contributed by atoms with E-state index in [-0.39, 0.29) is 10.8 Å². The van der Waals surface area contributed by atoms with Crippen molar-refractivity contribution in [2.24, 2.45) is 4.99 Å². The van der Waals surface area contributed by atoms with Crippen LogP contribution in [0.1, 0.15) is 11.1 Å². The smallest absolute Gasteiger partial charge is 0.254 e. The number of rotatable bonds is 3. The van der Waals surface area contributed by atoms with Crippen LogP contribution in [0.4, 0.5) is 5.69 Å². The third-order valence-corrected chi connectivity index (χ3v) is 4.69. The summed E-state index contributed by atoms with van der Waals surface area (Å²) in [6, 6.07) is 9.12. The number of H-pyrrole nitrogens is 1. The lowest BCUT2D eigenvalue weighted by atomic mass is 10.1. The first-order valence-corrected chi connectivity index (χ1v) is 8.76. The van der Waals surface area contributed by atoms with E-state index in [9.17, 15) is 13.5 Å². The Bertz CT molecular complexity index is 1050. The van der Waals surface area contributed by atoms with Gasteiger partial charge >= 0.3 is 0 Å². The highest BCUT2D eigenvalue weighted by molar-refractivity contribution is 7.88. The Morgan fingerprint density at radius 3 is 2.54 bits per heavy atom. The number of sulfonamides is 1. The molecule has 24 heavy (non-hydrogen) atoms. The van der Waals surface area contributed by atoms with Gasteiger partial charge in [-0.25, -0.2) is 8.42 Å². The Labute approximate surface area is 143 Å². The molecule has 0 spiro atoms. The first-order valence-electron chi connectivity index (χ1n) is 6.90. The average molecular weight is 363 g/mol. The summed E-state index contributed by atoms with van der Waals surface area (Å²) in [4.78, 5) is 7.03. The standard InChI is InChI=1S/C16H13ClN3O3S/c1-9-6-10(17)7-13-14(16(21)20-15(9)13)8-19-11-2-4-12(5-3-11)24(18,22)23/h2-8,18,20-21H,1H3. The molecular weight excluding hydrogens is 350 g/mol. The van der Waals surface area contributed by atoms with E-state index in [0.717, 1.165) is 16.5 Å². The predicted octanol–water partition coefficient (Wildman–Crippen LogP) is 3.56. The van der Waals surface area contributed by atoms with Gasteiger partial charge in [-0.1, -0.05) is 11.6 Å². The fourth-order valence-electron chi connectivity index (χ4n) is 2.42. The van der Waals surface area contributed by atoms with Crippen molar-refractivity contribution in [2.75, 3.05) is 0 Å². The second kappa shape index (κ2) is 5.94. The third-order valence-electron chi connectivity index (χ3n) is 3.58. The minimum atomic E-state index is -3.98. The average Bonchev–Trinajstić information content (AvgIpc) is 2.81. The van der Waals surface area contributed by atoms with Crippen LogP contribution >= 0.6 is 11.6 Å². The number of aromatic amines is 1. The SMILES string of the molecule is Cc1cc(Cl)cc2c(C=Nc3ccc(S([NH])(=O)=O)cc3)c(O)[nH]c12. The molecule has 0 aliphatic carbocycles. The van der Waals surface area contributed by atoms with Crippen molar-refractivity contribution in [3.63, 3.8) is 0 Å². The van der Waals surface area contributed by atoms with E-state index in [1.807, 2.05) is 6.92 Å². The van der Waals surface area contributed by atoms with E-state index < -0.39 is 10.0 Å². The molecule has 0 atom stereocenters. The summed E-state index contributed by atoms with van der Waals surface area (Å²) in [5.74, 6) is -0.0236. The summed E-state index contributed by atoms with van der Waals surface area (Å²) in [7, 11) is -3.98. The minimum absolute atomic E-state index is 0.0236. The van der Waals surface area contributed by atoms with Gasteiger partial charge in [0.1, 0.15) is 0 Å². The molecule has 1 radical (unpaired) electrons. The molecule has 2 aromatic carbocycles. The molecule has 0 saturated heterocycles. The highest BCUT2D eigenvalue weighted by Crippen LogP contribution is 2.31. The summed E-state index contributed by atoms with van der Waals surface area (Å²) in [5.41, 5.74) is 2.66. The first-order chi connectivity index (χ1) is 11.3. The molecule has 0 fully saturated rings. The number of nitrogens with zero attached hydrogens (tertiary/aromatic N) is 1. The summed E-state index contributed by atoms with van der Waals surface area (Å²) in [6.45, 7) is 1.88. The highest BCUT2D eigenvalue weighted by atomic mass is 35.5. The molecule has 3 aromatic rings. The largest absolute Gasteiger partial charge is 0.494 e. The number of hydrogen-bond acceptors (Lipinski definition) is 4. The fraction of sp³-hybridized carbons (Fsp3) is 0.0625. The lowest BCUT2D eigenvalue weighted by Crippen LogP contribution is -1.99. The maximum atomic E-state index is 11.1. The van der Waals surface area contributed by atoms with E-state index in [1.54, 1.807) is 12.1 Å². The second-order valence-electron chi connectivity index (χ2n) is 5.29. The molecule has 3 rings (SSSR count). The molecule has 0 unspecified atom stereocenters. The zero-order valence-corrected chi connectivity index (χ0v) is 14.1. The van der Waals surface area contributed by atoms with Gasteiger partial charge in [-0.05, 0) is 48.9 Å². The topological polar surface area (TPSA) is 106 Å². The van der Waals surface area contributed by atoms with Crippen molar-refractivity contribution >= 4 is 44.4 Å². The zero-order valence-electron chi connectivity index (χ0n) is 12.5. The second-order valence-corrected chi connectivity index (χ2v) is 7.20. The first kappa shape index (κ1) is 16.5. The van der Waals surface area contributed by atoms with Crippen LogP contribution in [0.5, 0.6) is 5.88 Å². The van der Waals surface area contributed by atoms with Crippen molar-refractivity contribution in [1.82, 2.24) is 10.1 Å². The van der Waals surface area contributed by atoms with Crippen molar-refractivity contribution in [1.29, 1.82) is 0 Å². The maximum absolute atomic E-state index is 11.1. The van der Waals surface area contributed by atoms with Crippen molar-refractivity contribution in [2.45, 2.75) is 11.8 Å². The number of halogens is 1. The third kappa shape index (κ3) is 3.14. The Balaban J connectivity index is 2.01. The van der Waals surface area contributed by atoms with Gasteiger partial charge in [-0.3, -0.25) is 4.99 Å². The lowest BCUT2D eigenvalue weighted by Gasteiger charge is -1.99. The normalized spacial score (nSPS) is 12.3. The molecule has 0 bridgehead atoms. The van der Waals surface area contributed by atoms with Crippen LogP contribution in [0.2, 0.25) is 5.02 Å². The van der Waals surface area contributed by atoms with E-state index in [4.69, 9.17) is 16.7 Å². The number of aromatic hydroxyl groups is 1. The number of aliphatic imine (C=N–C) groups is 1. The molecule has 1 heterocycles. The van der Waals surface area contributed by atoms with Gasteiger partial charge in [-0.2, -0.15) is 0 Å². The molecule has 0 amide bonds. The summed E-state index contributed by atoms with van der Waals surface area (Å²) >= 11 is 6.07. The summed E-state index contributed by atoms with van der Waals surface area (Å²) < 4.78 is 22.2. The molecule has 123 valence electrons. The Kier molecular flexibility index (Phi) is 4.08. The number of fused-ring (bicyclic) bond motifs is 1. The zero-order chi connectivity index (χ0) is 17.5. The van der Waals surface area contributed by atoms with Crippen LogP contribution < -0.4 is 5.14 Å². The molecule has 3 N–H and O–H groups in total. The van der Waals surface area contributed by atoms with Crippen LogP contribution in [0.25, 0.3) is 10.9 Å². The molecule has 6 nitrogen and oxygen atoms in total. The van der Waals surface area contributed by atoms with E-state index in [2.05, 4.69) is 9.98 Å². The quantitative estimate of drug-likeness (QED) is 0.695. The number of hydrogen-bond donors (Lipinski definition) is 2. The van der Waals surface area contributed by atoms with Crippen LogP contribution in [0, 0.1) is 6.92 Å². The molecule has 0 aliphatic heterocycles. The van der Waals surface area contributed by atoms with Crippen molar-refractivity contribution in [3.8, 4) is 5.88 Å². The van der Waals surface area contributed by atoms with Gasteiger partial charge in [0.25, 0.3) is 10.0 Å². The van der Waals surface area contributed by atoms with E-state index in [0.29, 0.717) is 16.3 Å². The monoisotopic (exact) mass is 362 g/mol. The van der Waals surface area contributed by atoms with Crippen molar-refractivity contribution < 1.29 is 13.5 Å². The number of benzene rings is 2. The van der Waals surface area contributed by atoms with Gasteiger partial charge in [0.2, 0.25) is 0 Å². The lowest BCUT2D eigenvalue weighted by molar-refractivity contribution is 0.457. The Hall–Kier alpha value is -2.35. The summed E-state index contributed by atoms with van der Waals surface area (Å²) in [6.07, 6.45) is 1.48. The molecule has 0 saturated carbocycles. The molecule has 1 aromatic heterocycles. The predicted molar refractivity (Wildman–Crippen MR) is 93.7 cm³/mol. The highest BCUT2D eigenvalue weighted by Gasteiger charge is 2.12. The van der Waals surface area contributed by atoms with Crippen LogP contribution in [0.3, 0.4) is 0 Å². The van der Waals surface area contributed by atoms with Gasteiger partial charge in [0.15, 0.2) is 5.88 Å². The number of aryl methyl sites for hydroxylation is 1. The fourth-order valence-corrected chi connectivity index (χ4v) is 3.18. The number of nitrogens with one attached hydrogen (secondary N) is 2. The Morgan fingerprint density at radius 1 is 1.25 bits per heavy atom. The van der Waals surface area contributed by atoms with Gasteiger partial charge < -0.3 is 10.1 Å². The van der Waals surface area contributed by atoms with Gasteiger partial charge in [0, 0.05) is 16.6 Å². The van der Waals surface area contributed by atoms with Crippen LogP contribution in [0.15, 0.2) is 46.3 Å². The van der Waals surface area contributed by atoms with Crippen molar-refractivity contribution in [3.05, 3.63) is 52.5 Å². The molecule has 0 aliphatic rings. The minimum Gasteiger partial charge on any atom is -0.494 e. The van der Waals surface area contributed by atoms with Gasteiger partial charge in [0.05, 0.1) is 21.7 Å². The van der Waals surface area contributed by atoms with Crippen LogP contribution in [-0.2, 0) is 10.0 Å². The molecular formula is C16H13ClN3O3S. The Morgan fingerprint density at radius 2 is 1.92 bits per heavy atom. The van der Waals surface area contributed by atoms with E-state index in [1.165, 1.54) is 30.5 Å². The van der Waals surface area contributed by atoms with Gasteiger partial charge in [-0.15, -0.1) is 5.14 Å². The number of aromatic nitrogens is 1. The maximum Gasteiger partial charge on any atom is 0.254 e. The van der Waals surface area contributed by atoms with Crippen LogP contribution in [-0.4, -0.2) is 24.7 Å². The van der Waals surface area contributed by atoms with E-state index >= 15 is 0 Å². The summed E-state index contributed by atoms with van der Waals surface area (Å²) in [5, 5.41) is 18.4.